The lowest BCUT2D eigenvalue weighted by molar-refractivity contribution is -0.134. The van der Waals surface area contributed by atoms with Gasteiger partial charge in [0.2, 0.25) is 5.91 Å². The van der Waals surface area contributed by atoms with Gasteiger partial charge in [0.05, 0.1) is 36.4 Å². The van der Waals surface area contributed by atoms with Gasteiger partial charge in [-0.3, -0.25) is 14.4 Å². The third-order valence-electron chi connectivity index (χ3n) is 7.26. The van der Waals surface area contributed by atoms with E-state index in [0.717, 1.165) is 40.2 Å². The van der Waals surface area contributed by atoms with Crippen LogP contribution in [0.3, 0.4) is 0 Å². The van der Waals surface area contributed by atoms with Crippen LogP contribution in [0.15, 0.2) is 91.0 Å². The van der Waals surface area contributed by atoms with E-state index in [2.05, 4.69) is 15.8 Å². The molecule has 1 atom stereocenters. The minimum Gasteiger partial charge on any atom is -0.465 e. The largest absolute Gasteiger partial charge is 0.465 e. The maximum atomic E-state index is 13.3. The van der Waals surface area contributed by atoms with Crippen molar-refractivity contribution < 1.29 is 24.0 Å². The molecule has 2 amide bonds. The van der Waals surface area contributed by atoms with Gasteiger partial charge >= 0.3 is 5.97 Å². The number of carbonyl (C=O) groups excluding carboxylic acids is 3. The van der Waals surface area contributed by atoms with Crippen molar-refractivity contribution in [3.63, 3.8) is 0 Å². The second kappa shape index (κ2) is 14.2. The lowest BCUT2D eigenvalue weighted by atomic mass is 10.1. The number of ether oxygens (including phenoxy) is 1. The summed E-state index contributed by atoms with van der Waals surface area (Å²) in [5.41, 5.74) is 6.02. The van der Waals surface area contributed by atoms with Crippen molar-refractivity contribution in [3.05, 3.63) is 114 Å². The molecule has 0 fully saturated rings. The molecule has 9 heteroatoms. The standard InChI is InChI=1S/C34H34N4O5/c1-42-34(41)26-18-16-25(17-19-26)33(40)36-29(32-35-28-21-20-24-12-8-9-13-27(24)31(28)37-32)14-6-3-7-15-30(39)38-43-22-23-10-4-2-5-11-23/h2,4-5,8-13,16-21,29H,3,6-7,14-15,22H2,1H3,(H,35,37)(H,36,40)(H,38,39)/t29-/m0/s1. The van der Waals surface area contributed by atoms with Gasteiger partial charge in [-0.15, -0.1) is 0 Å². The molecule has 4 aromatic carbocycles. The molecule has 0 radical (unpaired) electrons. The first kappa shape index (κ1) is 29.5. The molecule has 0 unspecified atom stereocenters. The number of benzene rings is 4. The third kappa shape index (κ3) is 7.64. The number of hydroxylamine groups is 1. The number of unbranched alkanes of at least 4 members (excludes halogenated alkanes) is 2. The summed E-state index contributed by atoms with van der Waals surface area (Å²) >= 11 is 0. The summed E-state index contributed by atoms with van der Waals surface area (Å²) in [4.78, 5) is 50.9. The van der Waals surface area contributed by atoms with Gasteiger partial charge in [0, 0.05) is 17.4 Å². The monoisotopic (exact) mass is 578 g/mol. The van der Waals surface area contributed by atoms with Gasteiger partial charge in [0.15, 0.2) is 0 Å². The van der Waals surface area contributed by atoms with Crippen LogP contribution in [0.25, 0.3) is 21.8 Å². The van der Waals surface area contributed by atoms with Crippen molar-refractivity contribution in [1.82, 2.24) is 20.8 Å². The molecule has 1 heterocycles. The molecule has 9 nitrogen and oxygen atoms in total. The molecule has 43 heavy (non-hydrogen) atoms. The summed E-state index contributed by atoms with van der Waals surface area (Å²) in [5.74, 6) is -0.240. The molecular weight excluding hydrogens is 544 g/mol. The maximum absolute atomic E-state index is 13.3. The molecule has 0 saturated carbocycles. The van der Waals surface area contributed by atoms with Gasteiger partial charge < -0.3 is 15.0 Å². The van der Waals surface area contributed by atoms with Crippen LogP contribution >= 0.6 is 0 Å². The van der Waals surface area contributed by atoms with Crippen LogP contribution in [0.1, 0.15) is 70.2 Å². The van der Waals surface area contributed by atoms with E-state index in [1.54, 1.807) is 24.3 Å². The van der Waals surface area contributed by atoms with E-state index in [-0.39, 0.29) is 17.9 Å². The third-order valence-corrected chi connectivity index (χ3v) is 7.26. The first-order valence-corrected chi connectivity index (χ1v) is 14.3. The lowest BCUT2D eigenvalue weighted by Gasteiger charge is -2.17. The molecule has 0 aliphatic heterocycles. The summed E-state index contributed by atoms with van der Waals surface area (Å²) < 4.78 is 4.75. The van der Waals surface area contributed by atoms with Crippen LogP contribution in [0.5, 0.6) is 0 Å². The molecular formula is C34H34N4O5. The van der Waals surface area contributed by atoms with Crippen molar-refractivity contribution in [3.8, 4) is 0 Å². The maximum Gasteiger partial charge on any atom is 0.337 e. The number of H-pyrrole nitrogens is 1. The number of carbonyl (C=O) groups is 3. The summed E-state index contributed by atoms with van der Waals surface area (Å²) in [6, 6.07) is 27.7. The molecule has 5 aromatic rings. The van der Waals surface area contributed by atoms with Crippen LogP contribution in [0.4, 0.5) is 0 Å². The number of hydrogen-bond acceptors (Lipinski definition) is 6. The van der Waals surface area contributed by atoms with Crippen molar-refractivity contribution >= 4 is 39.6 Å². The fourth-order valence-electron chi connectivity index (χ4n) is 4.96. The zero-order valence-electron chi connectivity index (χ0n) is 24.0. The fraction of sp³-hybridized carbons (Fsp3) is 0.235. The summed E-state index contributed by atoms with van der Waals surface area (Å²) in [6.07, 6.45) is 3.20. The van der Waals surface area contributed by atoms with E-state index in [9.17, 15) is 14.4 Å². The quantitative estimate of drug-likeness (QED) is 0.0872. The number of aromatic nitrogens is 2. The number of rotatable bonds is 13. The van der Waals surface area contributed by atoms with E-state index in [1.165, 1.54) is 7.11 Å². The number of esters is 1. The number of nitrogens with zero attached hydrogens (tertiary/aromatic N) is 1. The van der Waals surface area contributed by atoms with Gasteiger partial charge in [-0.2, -0.15) is 0 Å². The van der Waals surface area contributed by atoms with E-state index < -0.39 is 5.97 Å². The van der Waals surface area contributed by atoms with Gasteiger partial charge in [0.1, 0.15) is 5.82 Å². The molecule has 0 spiro atoms. The Morgan fingerprint density at radius 3 is 2.37 bits per heavy atom. The van der Waals surface area contributed by atoms with Gasteiger partial charge in [-0.05, 0) is 54.1 Å². The minimum atomic E-state index is -0.462. The van der Waals surface area contributed by atoms with Crippen LogP contribution < -0.4 is 10.8 Å². The smallest absolute Gasteiger partial charge is 0.337 e. The van der Waals surface area contributed by atoms with E-state index in [4.69, 9.17) is 14.6 Å². The zero-order chi connectivity index (χ0) is 30.0. The Kier molecular flexibility index (Phi) is 9.76. The Bertz CT molecular complexity index is 1700. The van der Waals surface area contributed by atoms with Gasteiger partial charge in [-0.25, -0.2) is 15.3 Å². The Hall–Kier alpha value is -5.02. The highest BCUT2D eigenvalue weighted by molar-refractivity contribution is 6.04. The van der Waals surface area contributed by atoms with Crippen LogP contribution in [-0.4, -0.2) is 34.9 Å². The number of nitrogens with one attached hydrogen (secondary N) is 3. The number of hydrogen-bond donors (Lipinski definition) is 3. The van der Waals surface area contributed by atoms with Crippen molar-refractivity contribution in [2.45, 2.75) is 44.8 Å². The molecule has 0 aliphatic rings. The highest BCUT2D eigenvalue weighted by atomic mass is 16.6. The highest BCUT2D eigenvalue weighted by Crippen LogP contribution is 2.27. The molecule has 0 bridgehead atoms. The second-order valence-electron chi connectivity index (χ2n) is 10.3. The minimum absolute atomic E-state index is 0.166. The Labute approximate surface area is 249 Å². The number of methoxy groups -OCH3 is 1. The Morgan fingerprint density at radius 1 is 0.837 bits per heavy atom. The number of imidazole rings is 1. The highest BCUT2D eigenvalue weighted by Gasteiger charge is 2.20. The second-order valence-corrected chi connectivity index (χ2v) is 10.3. The number of fused-ring (bicyclic) bond motifs is 3. The van der Waals surface area contributed by atoms with E-state index in [1.807, 2.05) is 66.7 Å². The number of aromatic amines is 1. The molecule has 1 aromatic heterocycles. The van der Waals surface area contributed by atoms with Crippen molar-refractivity contribution in [2.75, 3.05) is 7.11 Å². The average Bonchev–Trinajstić information content (AvgIpc) is 3.49. The predicted octanol–water partition coefficient (Wildman–Crippen LogP) is 6.17. The zero-order valence-corrected chi connectivity index (χ0v) is 24.0. The molecule has 5 rings (SSSR count). The average molecular weight is 579 g/mol. The molecule has 0 saturated heterocycles. The SMILES string of the molecule is COC(=O)c1ccc(C(=O)N[C@@H](CCCCCC(=O)NOCc2ccccc2)c2nc3c(ccc4ccccc43)[nH]2)cc1. The van der Waals surface area contributed by atoms with Crippen LogP contribution in [0.2, 0.25) is 0 Å². The summed E-state index contributed by atoms with van der Waals surface area (Å²) in [6.45, 7) is 0.312. The number of amides is 2. The van der Waals surface area contributed by atoms with E-state index >= 15 is 0 Å². The first-order valence-electron chi connectivity index (χ1n) is 14.3. The first-order chi connectivity index (χ1) is 21.0. The molecule has 220 valence electrons. The summed E-state index contributed by atoms with van der Waals surface area (Å²) in [5, 5.41) is 5.24. The van der Waals surface area contributed by atoms with Gasteiger partial charge in [0.25, 0.3) is 5.91 Å². The molecule has 3 N–H and O–H groups in total. The van der Waals surface area contributed by atoms with Crippen LogP contribution in [0, 0.1) is 0 Å². The Morgan fingerprint density at radius 2 is 1.58 bits per heavy atom. The normalized spacial score (nSPS) is 11.7. The summed E-state index contributed by atoms with van der Waals surface area (Å²) in [7, 11) is 1.32. The lowest BCUT2D eigenvalue weighted by Crippen LogP contribution is -2.29. The Balaban J connectivity index is 1.22. The predicted molar refractivity (Wildman–Crippen MR) is 164 cm³/mol. The fourth-order valence-corrected chi connectivity index (χ4v) is 4.96. The van der Waals surface area contributed by atoms with E-state index in [0.29, 0.717) is 42.8 Å². The van der Waals surface area contributed by atoms with Gasteiger partial charge in [-0.1, -0.05) is 73.5 Å². The van der Waals surface area contributed by atoms with Crippen LogP contribution in [-0.2, 0) is 21.0 Å². The van der Waals surface area contributed by atoms with Crippen molar-refractivity contribution in [2.24, 2.45) is 0 Å². The molecule has 0 aliphatic carbocycles. The van der Waals surface area contributed by atoms with Crippen molar-refractivity contribution in [1.29, 1.82) is 0 Å². The topological polar surface area (TPSA) is 122 Å².